The number of benzene rings is 2. The maximum atomic E-state index is 13.0. The number of fused-ring (bicyclic) bond motifs is 1. The van der Waals surface area contributed by atoms with Crippen LogP contribution in [0, 0.1) is 0 Å². The number of hydrogen-bond acceptors (Lipinski definition) is 6. The van der Waals surface area contributed by atoms with Crippen LogP contribution in [0.2, 0.25) is 0 Å². The molecule has 1 N–H and O–H groups in total. The first-order chi connectivity index (χ1) is 14.9. The highest BCUT2D eigenvalue weighted by atomic mass is 79.9. The van der Waals surface area contributed by atoms with Crippen LogP contribution < -0.4 is 9.47 Å². The first-order valence-corrected chi connectivity index (χ1v) is 10.7. The molecule has 1 fully saturated rings. The fraction of sp³-hybridized carbons (Fsp3) is 0.304. The van der Waals surface area contributed by atoms with E-state index in [1.807, 2.05) is 43.3 Å². The summed E-state index contributed by atoms with van der Waals surface area (Å²) in [5, 5.41) is 11.2. The molecule has 0 saturated carbocycles. The minimum absolute atomic E-state index is 0.0720. The summed E-state index contributed by atoms with van der Waals surface area (Å²) in [6.45, 7) is 1.81. The van der Waals surface area contributed by atoms with Crippen LogP contribution >= 0.6 is 15.9 Å². The first kappa shape index (κ1) is 21.4. The second-order valence-electron chi connectivity index (χ2n) is 7.71. The normalized spacial score (nSPS) is 19.9. The standard InChI is InChI=1S/C23H23BrN2O5/c1-25(2)9-10-26-20(14-3-6-16(24)7-4-14)19(22(28)23(26)29)21(27)15-5-8-17-18(13-15)31-12-11-30-17/h3-8,13,20,27H,9-12H2,1-2H3. The third kappa shape index (κ3) is 4.18. The summed E-state index contributed by atoms with van der Waals surface area (Å²) in [4.78, 5) is 29.4. The van der Waals surface area contributed by atoms with Crippen molar-refractivity contribution in [3.8, 4) is 11.5 Å². The summed E-state index contributed by atoms with van der Waals surface area (Å²) in [7, 11) is 3.81. The van der Waals surface area contributed by atoms with Gasteiger partial charge in [0, 0.05) is 23.1 Å². The number of hydrogen-bond donors (Lipinski definition) is 1. The highest BCUT2D eigenvalue weighted by Crippen LogP contribution is 2.41. The number of aliphatic hydroxyl groups is 1. The van der Waals surface area contributed by atoms with Gasteiger partial charge in [-0.25, -0.2) is 0 Å². The number of likely N-dealkylation sites (tertiary alicyclic amines) is 1. The van der Waals surface area contributed by atoms with Crippen molar-refractivity contribution >= 4 is 33.4 Å². The maximum Gasteiger partial charge on any atom is 0.295 e. The molecule has 2 aliphatic heterocycles. The third-order valence-electron chi connectivity index (χ3n) is 5.33. The second kappa shape index (κ2) is 8.72. The molecule has 2 heterocycles. The van der Waals surface area contributed by atoms with E-state index < -0.39 is 17.7 Å². The summed E-state index contributed by atoms with van der Waals surface area (Å²) in [6.07, 6.45) is 0. The number of carbonyl (C=O) groups excluding carboxylic acids is 2. The van der Waals surface area contributed by atoms with Gasteiger partial charge in [0.15, 0.2) is 11.5 Å². The van der Waals surface area contributed by atoms with E-state index in [-0.39, 0.29) is 11.3 Å². The fourth-order valence-electron chi connectivity index (χ4n) is 3.76. The largest absolute Gasteiger partial charge is 0.507 e. The van der Waals surface area contributed by atoms with Crippen LogP contribution in [0.5, 0.6) is 11.5 Å². The Morgan fingerprint density at radius 1 is 1.10 bits per heavy atom. The molecule has 8 heteroatoms. The molecule has 0 bridgehead atoms. The fourth-order valence-corrected chi connectivity index (χ4v) is 4.02. The summed E-state index contributed by atoms with van der Waals surface area (Å²) >= 11 is 3.42. The van der Waals surface area contributed by atoms with Gasteiger partial charge in [-0.15, -0.1) is 0 Å². The molecule has 1 saturated heterocycles. The van der Waals surface area contributed by atoms with Crippen molar-refractivity contribution in [3.05, 3.63) is 63.6 Å². The van der Waals surface area contributed by atoms with Crippen molar-refractivity contribution in [1.82, 2.24) is 9.80 Å². The number of ether oxygens (including phenoxy) is 2. The Morgan fingerprint density at radius 3 is 2.45 bits per heavy atom. The third-order valence-corrected chi connectivity index (χ3v) is 5.86. The Balaban J connectivity index is 1.81. The Kier molecular flexibility index (Phi) is 6.02. The average Bonchev–Trinajstić information content (AvgIpc) is 3.02. The van der Waals surface area contributed by atoms with E-state index in [9.17, 15) is 14.7 Å². The Hall–Kier alpha value is -2.84. The second-order valence-corrected chi connectivity index (χ2v) is 8.62. The molecule has 2 aromatic rings. The monoisotopic (exact) mass is 486 g/mol. The van der Waals surface area contributed by atoms with E-state index in [0.29, 0.717) is 43.4 Å². The van der Waals surface area contributed by atoms with E-state index in [1.54, 1.807) is 18.2 Å². The van der Waals surface area contributed by atoms with Crippen molar-refractivity contribution in [2.45, 2.75) is 6.04 Å². The molecule has 2 aromatic carbocycles. The van der Waals surface area contributed by atoms with E-state index in [0.717, 1.165) is 10.0 Å². The molecule has 1 amide bonds. The van der Waals surface area contributed by atoms with Gasteiger partial charge in [-0.05, 0) is 50.0 Å². The average molecular weight is 487 g/mol. The number of Topliss-reactive ketones (excluding diaryl/α,β-unsaturated/α-hetero) is 1. The topological polar surface area (TPSA) is 79.3 Å². The van der Waals surface area contributed by atoms with Gasteiger partial charge >= 0.3 is 0 Å². The van der Waals surface area contributed by atoms with Crippen molar-refractivity contribution in [1.29, 1.82) is 0 Å². The number of aliphatic hydroxyl groups excluding tert-OH is 1. The van der Waals surface area contributed by atoms with Crippen molar-refractivity contribution < 1.29 is 24.2 Å². The highest BCUT2D eigenvalue weighted by Gasteiger charge is 2.45. The number of ketones is 1. The zero-order chi connectivity index (χ0) is 22.1. The van der Waals surface area contributed by atoms with Gasteiger partial charge in [0.2, 0.25) is 0 Å². The summed E-state index contributed by atoms with van der Waals surface area (Å²) in [6, 6.07) is 11.7. The molecule has 2 aliphatic rings. The minimum Gasteiger partial charge on any atom is -0.507 e. The SMILES string of the molecule is CN(C)CCN1C(=O)C(=O)C(=C(O)c2ccc3c(c2)OCCO3)C1c1ccc(Br)cc1. The van der Waals surface area contributed by atoms with E-state index in [4.69, 9.17) is 9.47 Å². The van der Waals surface area contributed by atoms with Crippen LogP contribution in [0.3, 0.4) is 0 Å². The molecule has 1 unspecified atom stereocenters. The lowest BCUT2D eigenvalue weighted by Crippen LogP contribution is -2.35. The lowest BCUT2D eigenvalue weighted by Gasteiger charge is -2.26. The van der Waals surface area contributed by atoms with Gasteiger partial charge in [-0.2, -0.15) is 0 Å². The Bertz CT molecular complexity index is 1050. The molecule has 0 aliphatic carbocycles. The highest BCUT2D eigenvalue weighted by molar-refractivity contribution is 9.10. The van der Waals surface area contributed by atoms with E-state index in [2.05, 4.69) is 15.9 Å². The minimum atomic E-state index is -0.695. The van der Waals surface area contributed by atoms with Gasteiger partial charge in [-0.3, -0.25) is 9.59 Å². The Labute approximate surface area is 189 Å². The number of rotatable bonds is 5. The predicted molar refractivity (Wildman–Crippen MR) is 119 cm³/mol. The molecule has 4 rings (SSSR count). The maximum absolute atomic E-state index is 13.0. The van der Waals surface area contributed by atoms with Gasteiger partial charge in [0.05, 0.1) is 11.6 Å². The lowest BCUT2D eigenvalue weighted by atomic mass is 9.95. The molecule has 1 atom stereocenters. The molecule has 0 radical (unpaired) electrons. The number of halogens is 1. The van der Waals surface area contributed by atoms with Crippen LogP contribution in [0.4, 0.5) is 0 Å². The number of amides is 1. The van der Waals surface area contributed by atoms with Gasteiger partial charge < -0.3 is 24.4 Å². The van der Waals surface area contributed by atoms with Crippen molar-refractivity contribution in [3.63, 3.8) is 0 Å². The molecule has 31 heavy (non-hydrogen) atoms. The van der Waals surface area contributed by atoms with Gasteiger partial charge in [0.1, 0.15) is 19.0 Å². The van der Waals surface area contributed by atoms with Crippen LogP contribution in [0.25, 0.3) is 5.76 Å². The van der Waals surface area contributed by atoms with Crippen molar-refractivity contribution in [2.24, 2.45) is 0 Å². The lowest BCUT2D eigenvalue weighted by molar-refractivity contribution is -0.140. The van der Waals surface area contributed by atoms with Crippen LogP contribution in [-0.2, 0) is 9.59 Å². The zero-order valence-corrected chi connectivity index (χ0v) is 18.9. The zero-order valence-electron chi connectivity index (χ0n) is 17.3. The molecule has 7 nitrogen and oxygen atoms in total. The van der Waals surface area contributed by atoms with Crippen LogP contribution in [0.1, 0.15) is 17.2 Å². The molecule has 162 valence electrons. The summed E-state index contributed by atoms with van der Waals surface area (Å²) < 4.78 is 12.0. The van der Waals surface area contributed by atoms with Crippen LogP contribution in [-0.4, -0.2) is 67.0 Å². The van der Waals surface area contributed by atoms with E-state index >= 15 is 0 Å². The summed E-state index contributed by atoms with van der Waals surface area (Å²) in [5.74, 6) is -0.459. The quantitative estimate of drug-likeness (QED) is 0.397. The molecular formula is C23H23BrN2O5. The van der Waals surface area contributed by atoms with Gasteiger partial charge in [-0.1, -0.05) is 28.1 Å². The Morgan fingerprint density at radius 2 is 1.77 bits per heavy atom. The van der Waals surface area contributed by atoms with Gasteiger partial charge in [0.25, 0.3) is 11.7 Å². The van der Waals surface area contributed by atoms with Crippen molar-refractivity contribution in [2.75, 3.05) is 40.4 Å². The van der Waals surface area contributed by atoms with Crippen LogP contribution in [0.15, 0.2) is 52.5 Å². The number of nitrogens with zero attached hydrogens (tertiary/aromatic N) is 2. The predicted octanol–water partition coefficient (Wildman–Crippen LogP) is 3.20. The van der Waals surface area contributed by atoms with E-state index in [1.165, 1.54) is 4.90 Å². The smallest absolute Gasteiger partial charge is 0.295 e. The molecule has 0 aromatic heterocycles. The molecule has 0 spiro atoms. The number of likely N-dealkylation sites (N-methyl/N-ethyl adjacent to an activating group) is 1. The first-order valence-electron chi connectivity index (χ1n) is 9.95. The summed E-state index contributed by atoms with van der Waals surface area (Å²) in [5.41, 5.74) is 1.22. The molecular weight excluding hydrogens is 464 g/mol. The number of carbonyl (C=O) groups is 2.